The van der Waals surface area contributed by atoms with E-state index in [1.807, 2.05) is 12.3 Å². The van der Waals surface area contributed by atoms with E-state index in [9.17, 15) is 4.79 Å². The average molecular weight is 248 g/mol. The SMILES string of the molecule is CCNc1c(Cl)cc(Cl)cc1C(=O)NN. The second kappa shape index (κ2) is 5.21. The fourth-order valence-corrected chi connectivity index (χ4v) is 1.75. The maximum absolute atomic E-state index is 11.4. The molecule has 0 heterocycles. The van der Waals surface area contributed by atoms with Crippen LogP contribution in [0.15, 0.2) is 12.1 Å². The summed E-state index contributed by atoms with van der Waals surface area (Å²) in [4.78, 5) is 11.4. The second-order valence-electron chi connectivity index (χ2n) is 2.81. The van der Waals surface area contributed by atoms with E-state index in [1.165, 1.54) is 6.07 Å². The molecule has 1 aromatic rings. The standard InChI is InChI=1S/C9H11Cl2N3O/c1-2-13-8-6(9(15)14-12)3-5(10)4-7(8)11/h3-4,13H,2,12H2,1H3,(H,14,15). The Balaban J connectivity index is 3.26. The van der Waals surface area contributed by atoms with Gasteiger partial charge in [0.1, 0.15) is 0 Å². The largest absolute Gasteiger partial charge is 0.383 e. The van der Waals surface area contributed by atoms with Gasteiger partial charge in [-0.2, -0.15) is 0 Å². The van der Waals surface area contributed by atoms with Gasteiger partial charge in [-0.05, 0) is 19.1 Å². The highest BCUT2D eigenvalue weighted by Crippen LogP contribution is 2.29. The summed E-state index contributed by atoms with van der Waals surface area (Å²) in [5.74, 6) is 4.62. The molecule has 0 saturated carbocycles. The van der Waals surface area contributed by atoms with Crippen LogP contribution in [-0.4, -0.2) is 12.5 Å². The normalized spacial score (nSPS) is 9.87. The molecule has 0 fully saturated rings. The molecule has 6 heteroatoms. The lowest BCUT2D eigenvalue weighted by molar-refractivity contribution is 0.0954. The average Bonchev–Trinajstić information content (AvgIpc) is 2.20. The van der Waals surface area contributed by atoms with Gasteiger partial charge >= 0.3 is 0 Å². The predicted octanol–water partition coefficient (Wildman–Crippen LogP) is 2.03. The molecule has 82 valence electrons. The summed E-state index contributed by atoms with van der Waals surface area (Å²) in [6.07, 6.45) is 0. The molecule has 0 aromatic heterocycles. The van der Waals surface area contributed by atoms with Gasteiger partial charge in [-0.15, -0.1) is 0 Å². The number of anilines is 1. The van der Waals surface area contributed by atoms with Crippen molar-refractivity contribution in [3.05, 3.63) is 27.7 Å². The van der Waals surface area contributed by atoms with Crippen molar-refractivity contribution in [2.45, 2.75) is 6.92 Å². The molecular formula is C9H11Cl2N3O. The lowest BCUT2D eigenvalue weighted by Gasteiger charge is -2.11. The Morgan fingerprint density at radius 3 is 2.67 bits per heavy atom. The summed E-state index contributed by atoms with van der Waals surface area (Å²) in [5, 5.41) is 3.76. The summed E-state index contributed by atoms with van der Waals surface area (Å²) < 4.78 is 0. The van der Waals surface area contributed by atoms with Gasteiger partial charge < -0.3 is 5.32 Å². The van der Waals surface area contributed by atoms with Crippen LogP contribution in [0.3, 0.4) is 0 Å². The van der Waals surface area contributed by atoms with Crippen molar-refractivity contribution in [2.24, 2.45) is 5.84 Å². The topological polar surface area (TPSA) is 67.2 Å². The van der Waals surface area contributed by atoms with Gasteiger partial charge in [-0.3, -0.25) is 10.2 Å². The van der Waals surface area contributed by atoms with Crippen LogP contribution in [0.5, 0.6) is 0 Å². The first-order chi connectivity index (χ1) is 7.10. The zero-order valence-electron chi connectivity index (χ0n) is 8.10. The van der Waals surface area contributed by atoms with Gasteiger partial charge in [0.05, 0.1) is 16.3 Å². The predicted molar refractivity (Wildman–Crippen MR) is 62.3 cm³/mol. The van der Waals surface area contributed by atoms with Crippen molar-refractivity contribution < 1.29 is 4.79 Å². The number of carbonyl (C=O) groups excluding carboxylic acids is 1. The molecule has 0 bridgehead atoms. The minimum Gasteiger partial charge on any atom is -0.383 e. The van der Waals surface area contributed by atoms with Crippen molar-refractivity contribution in [1.29, 1.82) is 0 Å². The van der Waals surface area contributed by atoms with E-state index < -0.39 is 5.91 Å². The summed E-state index contributed by atoms with van der Waals surface area (Å²) in [6.45, 7) is 2.54. The number of nitrogens with one attached hydrogen (secondary N) is 2. The molecule has 0 radical (unpaired) electrons. The fourth-order valence-electron chi connectivity index (χ4n) is 1.19. The van der Waals surface area contributed by atoms with Crippen LogP contribution < -0.4 is 16.6 Å². The number of nitrogens with two attached hydrogens (primary N) is 1. The Hall–Kier alpha value is -0.970. The van der Waals surface area contributed by atoms with Crippen LogP contribution in [0, 0.1) is 0 Å². The second-order valence-corrected chi connectivity index (χ2v) is 3.66. The van der Waals surface area contributed by atoms with Crippen LogP contribution in [0.2, 0.25) is 10.0 Å². The van der Waals surface area contributed by atoms with Crippen molar-refractivity contribution in [3.8, 4) is 0 Å². The van der Waals surface area contributed by atoms with Gasteiger partial charge in [-0.1, -0.05) is 23.2 Å². The first-order valence-electron chi connectivity index (χ1n) is 4.34. The molecule has 1 amide bonds. The number of hydrogen-bond acceptors (Lipinski definition) is 3. The lowest BCUT2D eigenvalue weighted by atomic mass is 10.1. The van der Waals surface area contributed by atoms with E-state index >= 15 is 0 Å². The maximum atomic E-state index is 11.4. The van der Waals surface area contributed by atoms with Gasteiger partial charge in [0.15, 0.2) is 0 Å². The third-order valence-electron chi connectivity index (χ3n) is 1.78. The van der Waals surface area contributed by atoms with Crippen LogP contribution in [0.4, 0.5) is 5.69 Å². The van der Waals surface area contributed by atoms with Crippen molar-refractivity contribution in [1.82, 2.24) is 5.43 Å². The van der Waals surface area contributed by atoms with E-state index in [1.54, 1.807) is 6.07 Å². The summed E-state index contributed by atoms with van der Waals surface area (Å²) in [6, 6.07) is 3.07. The number of halogens is 2. The summed E-state index contributed by atoms with van der Waals surface area (Å²) in [5.41, 5.74) is 2.90. The van der Waals surface area contributed by atoms with Crippen molar-refractivity contribution in [3.63, 3.8) is 0 Å². The number of rotatable bonds is 3. The van der Waals surface area contributed by atoms with Gasteiger partial charge in [0, 0.05) is 11.6 Å². The van der Waals surface area contributed by atoms with Crippen molar-refractivity contribution in [2.75, 3.05) is 11.9 Å². The highest BCUT2D eigenvalue weighted by molar-refractivity contribution is 6.37. The molecular weight excluding hydrogens is 237 g/mol. The van der Waals surface area contributed by atoms with Gasteiger partial charge in [0.25, 0.3) is 5.91 Å². The summed E-state index contributed by atoms with van der Waals surface area (Å²) in [7, 11) is 0. The van der Waals surface area contributed by atoms with E-state index in [2.05, 4.69) is 5.32 Å². The van der Waals surface area contributed by atoms with E-state index in [0.717, 1.165) is 0 Å². The molecule has 0 spiro atoms. The molecule has 0 saturated heterocycles. The zero-order chi connectivity index (χ0) is 11.4. The Labute approximate surface area is 97.7 Å². The zero-order valence-corrected chi connectivity index (χ0v) is 9.62. The molecule has 4 N–H and O–H groups in total. The minimum atomic E-state index is -0.435. The molecule has 0 aliphatic heterocycles. The van der Waals surface area contributed by atoms with Crippen LogP contribution >= 0.6 is 23.2 Å². The van der Waals surface area contributed by atoms with E-state index in [-0.39, 0.29) is 0 Å². The Bertz CT molecular complexity index is 382. The number of hydrazine groups is 1. The molecule has 1 aromatic carbocycles. The van der Waals surface area contributed by atoms with Crippen LogP contribution in [-0.2, 0) is 0 Å². The molecule has 15 heavy (non-hydrogen) atoms. The van der Waals surface area contributed by atoms with Crippen LogP contribution in [0.25, 0.3) is 0 Å². The van der Waals surface area contributed by atoms with Crippen molar-refractivity contribution >= 4 is 34.8 Å². The minimum absolute atomic E-state index is 0.330. The highest BCUT2D eigenvalue weighted by atomic mass is 35.5. The number of hydrogen-bond donors (Lipinski definition) is 3. The molecule has 0 atom stereocenters. The fraction of sp³-hybridized carbons (Fsp3) is 0.222. The number of carbonyl (C=O) groups is 1. The molecule has 4 nitrogen and oxygen atoms in total. The quantitative estimate of drug-likeness (QED) is 0.435. The molecule has 0 aliphatic carbocycles. The van der Waals surface area contributed by atoms with E-state index in [4.69, 9.17) is 29.0 Å². The first kappa shape index (κ1) is 12.1. The number of nitrogen functional groups attached to an aromatic ring is 1. The third kappa shape index (κ3) is 2.75. The molecule has 0 aliphatic rings. The van der Waals surface area contributed by atoms with E-state index in [0.29, 0.717) is 27.8 Å². The first-order valence-corrected chi connectivity index (χ1v) is 5.09. The Morgan fingerprint density at radius 1 is 1.47 bits per heavy atom. The monoisotopic (exact) mass is 247 g/mol. The molecule has 0 unspecified atom stereocenters. The maximum Gasteiger partial charge on any atom is 0.267 e. The lowest BCUT2D eigenvalue weighted by Crippen LogP contribution is -2.30. The third-order valence-corrected chi connectivity index (χ3v) is 2.30. The Morgan fingerprint density at radius 2 is 2.13 bits per heavy atom. The summed E-state index contributed by atoms with van der Waals surface area (Å²) >= 11 is 11.7. The highest BCUT2D eigenvalue weighted by Gasteiger charge is 2.14. The number of benzene rings is 1. The Kier molecular flexibility index (Phi) is 4.20. The van der Waals surface area contributed by atoms with Crippen LogP contribution in [0.1, 0.15) is 17.3 Å². The smallest absolute Gasteiger partial charge is 0.267 e. The van der Waals surface area contributed by atoms with Gasteiger partial charge in [-0.25, -0.2) is 5.84 Å². The van der Waals surface area contributed by atoms with Gasteiger partial charge in [0.2, 0.25) is 0 Å². The molecule has 1 rings (SSSR count). The number of amides is 1.